The first-order valence-electron chi connectivity index (χ1n) is 6.37. The number of rotatable bonds is 7. The maximum absolute atomic E-state index is 5.51. The Hall–Kier alpha value is -2.01. The number of hydrogen-bond acceptors (Lipinski definition) is 5. The smallest absolute Gasteiger partial charge is 0.399 e. The molecule has 2 rings (SSSR count). The van der Waals surface area contributed by atoms with E-state index < -0.39 is 0 Å². The molecule has 0 aliphatic carbocycles. The Morgan fingerprint density at radius 2 is 1.89 bits per heavy atom. The molecule has 0 atom stereocenters. The molecule has 0 unspecified atom stereocenters. The average Bonchev–Trinajstić information content (AvgIpc) is 2.87. The molecule has 0 fully saturated rings. The second kappa shape index (κ2) is 6.80. The van der Waals surface area contributed by atoms with Crippen molar-refractivity contribution in [2.45, 2.75) is 20.4 Å². The summed E-state index contributed by atoms with van der Waals surface area (Å²) in [5.74, 6) is 1.48. The van der Waals surface area contributed by atoms with Gasteiger partial charge in [-0.2, -0.15) is 4.98 Å². The van der Waals surface area contributed by atoms with Crippen molar-refractivity contribution in [1.29, 1.82) is 0 Å². The molecule has 1 N–H and O–H groups in total. The minimum Gasteiger partial charge on any atom is -0.494 e. The first-order chi connectivity index (χ1) is 9.31. The van der Waals surface area contributed by atoms with Crippen LogP contribution in [0.25, 0.3) is 0 Å². The summed E-state index contributed by atoms with van der Waals surface area (Å²) in [5, 5.41) is 3.17. The molecule has 19 heavy (non-hydrogen) atoms. The van der Waals surface area contributed by atoms with Crippen molar-refractivity contribution < 1.29 is 13.9 Å². The van der Waals surface area contributed by atoms with Crippen LogP contribution >= 0.6 is 0 Å². The van der Waals surface area contributed by atoms with Gasteiger partial charge in [-0.3, -0.25) is 0 Å². The lowest BCUT2D eigenvalue weighted by Crippen LogP contribution is -2.11. The van der Waals surface area contributed by atoms with Gasteiger partial charge in [-0.05, 0) is 37.7 Å². The predicted molar refractivity (Wildman–Crippen MR) is 71.6 cm³/mol. The third-order valence-electron chi connectivity index (χ3n) is 2.43. The summed E-state index contributed by atoms with van der Waals surface area (Å²) in [6, 6.07) is 7.33. The van der Waals surface area contributed by atoms with Gasteiger partial charge in [-0.25, -0.2) is 0 Å². The highest BCUT2D eigenvalue weighted by atomic mass is 16.6. The Kier molecular flexibility index (Phi) is 4.80. The second-order valence-corrected chi connectivity index (χ2v) is 3.89. The second-order valence-electron chi connectivity index (χ2n) is 3.89. The number of hydrogen-bond donors (Lipinski definition) is 1. The van der Waals surface area contributed by atoms with E-state index in [1.54, 1.807) is 6.26 Å². The highest BCUT2D eigenvalue weighted by Crippen LogP contribution is 2.23. The predicted octanol–water partition coefficient (Wildman–Crippen LogP) is 2.98. The molecule has 1 heterocycles. The number of aromatic nitrogens is 1. The zero-order chi connectivity index (χ0) is 13.5. The summed E-state index contributed by atoms with van der Waals surface area (Å²) in [6.07, 6.45) is 1.84. The summed E-state index contributed by atoms with van der Waals surface area (Å²) < 4.78 is 16.1. The zero-order valence-corrected chi connectivity index (χ0v) is 11.2. The number of oxazole rings is 1. The van der Waals surface area contributed by atoms with E-state index in [1.165, 1.54) is 0 Å². The van der Waals surface area contributed by atoms with Gasteiger partial charge in [-0.15, -0.1) is 0 Å². The van der Waals surface area contributed by atoms with E-state index in [-0.39, 0.29) is 6.08 Å². The Bertz CT molecular complexity index is 494. The van der Waals surface area contributed by atoms with E-state index in [4.69, 9.17) is 13.9 Å². The summed E-state index contributed by atoms with van der Waals surface area (Å²) in [5.41, 5.74) is 0.822. The fourth-order valence-corrected chi connectivity index (χ4v) is 1.54. The minimum absolute atomic E-state index is 0.247. The van der Waals surface area contributed by atoms with Gasteiger partial charge in [0.25, 0.3) is 0 Å². The zero-order valence-electron chi connectivity index (χ0n) is 11.2. The van der Waals surface area contributed by atoms with Gasteiger partial charge >= 0.3 is 6.08 Å². The van der Waals surface area contributed by atoms with E-state index in [1.807, 2.05) is 38.1 Å². The first-order valence-corrected chi connectivity index (χ1v) is 6.37. The molecule has 0 saturated carbocycles. The largest absolute Gasteiger partial charge is 0.494 e. The van der Waals surface area contributed by atoms with Crippen LogP contribution in [-0.2, 0) is 6.54 Å². The van der Waals surface area contributed by atoms with Gasteiger partial charge in [0.15, 0.2) is 0 Å². The van der Waals surface area contributed by atoms with Crippen LogP contribution in [-0.4, -0.2) is 18.1 Å². The Labute approximate surface area is 112 Å². The van der Waals surface area contributed by atoms with Crippen molar-refractivity contribution >= 4 is 0 Å². The van der Waals surface area contributed by atoms with E-state index in [2.05, 4.69) is 10.3 Å². The lowest BCUT2D eigenvalue weighted by molar-refractivity contribution is 0.326. The van der Waals surface area contributed by atoms with Gasteiger partial charge in [0.05, 0.1) is 12.3 Å². The summed E-state index contributed by atoms with van der Waals surface area (Å²) >= 11 is 0. The molecule has 0 aliphatic heterocycles. The van der Waals surface area contributed by atoms with Crippen molar-refractivity contribution in [2.75, 3.05) is 13.2 Å². The third kappa shape index (κ3) is 3.99. The molecule has 0 amide bonds. The molecule has 0 aliphatic rings. The van der Waals surface area contributed by atoms with Gasteiger partial charge in [0.1, 0.15) is 17.8 Å². The maximum atomic E-state index is 5.51. The van der Waals surface area contributed by atoms with Crippen molar-refractivity contribution in [3.05, 3.63) is 36.2 Å². The maximum Gasteiger partial charge on any atom is 0.399 e. The number of nitrogens with one attached hydrogen (secondary N) is 1. The molecule has 0 bridgehead atoms. The molecule has 1 aromatic carbocycles. The highest BCUT2D eigenvalue weighted by molar-refractivity contribution is 5.32. The fourth-order valence-electron chi connectivity index (χ4n) is 1.54. The summed E-state index contributed by atoms with van der Waals surface area (Å²) in [6.45, 7) is 6.20. The van der Waals surface area contributed by atoms with E-state index in [0.29, 0.717) is 18.9 Å². The number of ether oxygens (including phenoxy) is 2. The van der Waals surface area contributed by atoms with Gasteiger partial charge < -0.3 is 19.2 Å². The molecule has 0 saturated heterocycles. The van der Waals surface area contributed by atoms with Crippen LogP contribution in [0.15, 0.2) is 34.9 Å². The number of nitrogens with zero attached hydrogens (tertiary/aromatic N) is 1. The van der Waals surface area contributed by atoms with Gasteiger partial charge in [-0.1, -0.05) is 6.92 Å². The van der Waals surface area contributed by atoms with Crippen LogP contribution in [0.2, 0.25) is 0 Å². The minimum atomic E-state index is 0.247. The molecular formula is C14H18N2O3. The van der Waals surface area contributed by atoms with Crippen molar-refractivity contribution in [2.24, 2.45) is 0 Å². The molecule has 1 aromatic heterocycles. The molecule has 0 radical (unpaired) electrons. The van der Waals surface area contributed by atoms with Crippen LogP contribution in [0.5, 0.6) is 17.6 Å². The average molecular weight is 262 g/mol. The van der Waals surface area contributed by atoms with Crippen molar-refractivity contribution in [1.82, 2.24) is 10.3 Å². The van der Waals surface area contributed by atoms with Crippen molar-refractivity contribution in [3.8, 4) is 17.6 Å². The highest BCUT2D eigenvalue weighted by Gasteiger charge is 2.06. The summed E-state index contributed by atoms with van der Waals surface area (Å²) in [7, 11) is 0. The molecule has 5 heteroatoms. The molecule has 5 nitrogen and oxygen atoms in total. The first kappa shape index (κ1) is 13.4. The SMILES string of the molecule is CCNCc1coc(Oc2ccc(OCC)cc2)n1. The van der Waals surface area contributed by atoms with Crippen LogP contribution < -0.4 is 14.8 Å². The van der Waals surface area contributed by atoms with E-state index in [0.717, 1.165) is 18.0 Å². The lowest BCUT2D eigenvalue weighted by atomic mass is 10.3. The molecule has 2 aromatic rings. The standard InChI is InChI=1S/C14H18N2O3/c1-3-15-9-11-10-18-14(16-11)19-13-7-5-12(6-8-13)17-4-2/h5-8,10,15H,3-4,9H2,1-2H3. The van der Waals surface area contributed by atoms with Crippen LogP contribution in [0.1, 0.15) is 19.5 Å². The van der Waals surface area contributed by atoms with Gasteiger partial charge in [0.2, 0.25) is 0 Å². The van der Waals surface area contributed by atoms with Gasteiger partial charge in [0, 0.05) is 6.54 Å². The molecular weight excluding hydrogens is 244 g/mol. The summed E-state index contributed by atoms with van der Waals surface area (Å²) in [4.78, 5) is 4.22. The topological polar surface area (TPSA) is 56.5 Å². The van der Waals surface area contributed by atoms with Crippen LogP contribution in [0.4, 0.5) is 0 Å². The van der Waals surface area contributed by atoms with Crippen LogP contribution in [0.3, 0.4) is 0 Å². The molecule has 0 spiro atoms. The van der Waals surface area contributed by atoms with E-state index in [9.17, 15) is 0 Å². The van der Waals surface area contributed by atoms with Crippen LogP contribution in [0, 0.1) is 0 Å². The van der Waals surface area contributed by atoms with Crippen molar-refractivity contribution in [3.63, 3.8) is 0 Å². The third-order valence-corrected chi connectivity index (χ3v) is 2.43. The Morgan fingerprint density at radius 3 is 2.58 bits per heavy atom. The quantitative estimate of drug-likeness (QED) is 0.831. The monoisotopic (exact) mass is 262 g/mol. The Balaban J connectivity index is 1.94. The lowest BCUT2D eigenvalue weighted by Gasteiger charge is -2.04. The number of benzene rings is 1. The van der Waals surface area contributed by atoms with E-state index >= 15 is 0 Å². The molecule has 102 valence electrons. The normalized spacial score (nSPS) is 10.4. The Morgan fingerprint density at radius 1 is 1.16 bits per heavy atom. The fraction of sp³-hybridized carbons (Fsp3) is 0.357.